The van der Waals surface area contributed by atoms with Crippen LogP contribution in [0, 0.1) is 25.7 Å². The summed E-state index contributed by atoms with van der Waals surface area (Å²) in [5.74, 6) is 1.12. The van der Waals surface area contributed by atoms with Gasteiger partial charge in [0.1, 0.15) is 0 Å². The zero-order chi connectivity index (χ0) is 15.6. The third-order valence-corrected chi connectivity index (χ3v) is 5.88. The zero-order valence-corrected chi connectivity index (χ0v) is 14.2. The minimum Gasteiger partial charge on any atom is -0.316 e. The van der Waals surface area contributed by atoms with Crippen LogP contribution in [0.1, 0.15) is 36.5 Å². The van der Waals surface area contributed by atoms with Crippen LogP contribution in [0.25, 0.3) is 0 Å². The minimum atomic E-state index is -3.43. The number of sulfonamides is 1. The monoisotopic (exact) mass is 310 g/mol. The number of aryl methyl sites for hydroxylation is 2. The Balaban J connectivity index is 2.19. The first-order valence-electron chi connectivity index (χ1n) is 7.59. The molecule has 1 saturated carbocycles. The van der Waals surface area contributed by atoms with Gasteiger partial charge in [0.25, 0.3) is 0 Å². The fourth-order valence-corrected chi connectivity index (χ4v) is 4.11. The van der Waals surface area contributed by atoms with E-state index in [9.17, 15) is 8.42 Å². The molecule has 5 heteroatoms. The molecule has 0 heterocycles. The summed E-state index contributed by atoms with van der Waals surface area (Å²) in [4.78, 5) is 0.404. The summed E-state index contributed by atoms with van der Waals surface area (Å²) in [6, 6.07) is 3.75. The summed E-state index contributed by atoms with van der Waals surface area (Å²) in [7, 11) is -1.56. The third kappa shape index (κ3) is 4.05. The second-order valence-corrected chi connectivity index (χ2v) is 7.98. The van der Waals surface area contributed by atoms with Gasteiger partial charge in [-0.3, -0.25) is 0 Å². The van der Waals surface area contributed by atoms with Crippen molar-refractivity contribution in [3.8, 4) is 0 Å². The first kappa shape index (κ1) is 16.5. The first-order chi connectivity index (χ1) is 9.85. The highest BCUT2D eigenvalue weighted by atomic mass is 32.2. The van der Waals surface area contributed by atoms with E-state index in [-0.39, 0.29) is 0 Å². The Morgan fingerprint density at radius 2 is 1.90 bits per heavy atom. The second kappa shape index (κ2) is 6.46. The largest absolute Gasteiger partial charge is 0.316 e. The third-order valence-electron chi connectivity index (χ3n) is 4.31. The van der Waals surface area contributed by atoms with E-state index in [1.165, 1.54) is 12.8 Å². The maximum absolute atomic E-state index is 12.5. The molecular weight excluding hydrogens is 284 g/mol. The Labute approximate surface area is 128 Å². The van der Waals surface area contributed by atoms with Crippen LogP contribution in [-0.4, -0.2) is 22.0 Å². The lowest BCUT2D eigenvalue weighted by molar-refractivity contribution is 0.491. The Kier molecular flexibility index (Phi) is 5.07. The van der Waals surface area contributed by atoms with Crippen LogP contribution < -0.4 is 10.0 Å². The highest BCUT2D eigenvalue weighted by molar-refractivity contribution is 7.89. The molecule has 0 amide bonds. The molecule has 118 valence electrons. The number of benzene rings is 1. The normalized spacial score (nSPS) is 17.0. The zero-order valence-electron chi connectivity index (χ0n) is 13.4. The average Bonchev–Trinajstić information content (AvgIpc) is 3.23. The standard InChI is InChI=1S/C16H26N2O2S/c1-11-7-12(2)16(8-15(11)10-17-4)21(19,20)18-9-13(3)14-5-6-14/h7-8,13-14,17-18H,5-6,9-10H2,1-4H3. The van der Waals surface area contributed by atoms with Crippen LogP contribution >= 0.6 is 0 Å². The molecule has 0 aromatic heterocycles. The summed E-state index contributed by atoms with van der Waals surface area (Å²) in [5, 5.41) is 3.08. The molecule has 1 fully saturated rings. The van der Waals surface area contributed by atoms with Crippen molar-refractivity contribution in [2.75, 3.05) is 13.6 Å². The molecule has 1 aliphatic carbocycles. The van der Waals surface area contributed by atoms with E-state index in [0.717, 1.165) is 16.7 Å². The molecule has 1 aromatic rings. The SMILES string of the molecule is CNCc1cc(S(=O)(=O)NCC(C)C2CC2)c(C)cc1C. The van der Waals surface area contributed by atoms with Crippen LogP contribution in [0.3, 0.4) is 0 Å². The number of rotatable bonds is 7. The van der Waals surface area contributed by atoms with Crippen molar-refractivity contribution in [2.24, 2.45) is 11.8 Å². The first-order valence-corrected chi connectivity index (χ1v) is 9.08. The van der Waals surface area contributed by atoms with Crippen molar-refractivity contribution in [3.05, 3.63) is 28.8 Å². The van der Waals surface area contributed by atoms with Crippen LogP contribution in [0.2, 0.25) is 0 Å². The summed E-state index contributed by atoms with van der Waals surface area (Å²) >= 11 is 0. The molecule has 4 nitrogen and oxygen atoms in total. The van der Waals surface area contributed by atoms with Crippen molar-refractivity contribution in [3.63, 3.8) is 0 Å². The molecule has 0 bridgehead atoms. The smallest absolute Gasteiger partial charge is 0.240 e. The molecular formula is C16H26N2O2S. The van der Waals surface area contributed by atoms with E-state index < -0.39 is 10.0 Å². The van der Waals surface area contributed by atoms with Gasteiger partial charge < -0.3 is 5.32 Å². The Morgan fingerprint density at radius 3 is 2.48 bits per heavy atom. The number of nitrogens with one attached hydrogen (secondary N) is 2. The van der Waals surface area contributed by atoms with Crippen molar-refractivity contribution < 1.29 is 8.42 Å². The topological polar surface area (TPSA) is 58.2 Å². The summed E-state index contributed by atoms with van der Waals surface area (Å²) < 4.78 is 27.9. The van der Waals surface area contributed by atoms with E-state index in [4.69, 9.17) is 0 Å². The van der Waals surface area contributed by atoms with Gasteiger partial charge in [0, 0.05) is 13.1 Å². The predicted octanol–water partition coefficient (Wildman–Crippen LogP) is 2.35. The van der Waals surface area contributed by atoms with Crippen LogP contribution in [0.15, 0.2) is 17.0 Å². The molecule has 0 radical (unpaired) electrons. The number of hydrogen-bond acceptors (Lipinski definition) is 3. The van der Waals surface area contributed by atoms with Gasteiger partial charge in [-0.2, -0.15) is 0 Å². The van der Waals surface area contributed by atoms with E-state index in [0.29, 0.717) is 29.8 Å². The number of hydrogen-bond donors (Lipinski definition) is 2. The molecule has 0 saturated heterocycles. The van der Waals surface area contributed by atoms with Gasteiger partial charge in [0.2, 0.25) is 10.0 Å². The quantitative estimate of drug-likeness (QED) is 0.813. The maximum Gasteiger partial charge on any atom is 0.240 e. The molecule has 0 aliphatic heterocycles. The van der Waals surface area contributed by atoms with Crippen LogP contribution in [0.4, 0.5) is 0 Å². The average molecular weight is 310 g/mol. The van der Waals surface area contributed by atoms with Gasteiger partial charge in [-0.25, -0.2) is 13.1 Å². The fraction of sp³-hybridized carbons (Fsp3) is 0.625. The van der Waals surface area contributed by atoms with Gasteiger partial charge >= 0.3 is 0 Å². The molecule has 0 spiro atoms. The highest BCUT2D eigenvalue weighted by Gasteiger charge is 2.29. The Morgan fingerprint density at radius 1 is 1.24 bits per heavy atom. The summed E-state index contributed by atoms with van der Waals surface area (Å²) in [6.07, 6.45) is 2.47. The van der Waals surface area contributed by atoms with Gasteiger partial charge in [-0.05, 0) is 68.3 Å². The van der Waals surface area contributed by atoms with Crippen molar-refractivity contribution >= 4 is 10.0 Å². The summed E-state index contributed by atoms with van der Waals surface area (Å²) in [6.45, 7) is 7.19. The van der Waals surface area contributed by atoms with Gasteiger partial charge in [0.15, 0.2) is 0 Å². The lowest BCUT2D eigenvalue weighted by Gasteiger charge is -2.15. The minimum absolute atomic E-state index is 0.404. The second-order valence-electron chi connectivity index (χ2n) is 6.24. The van der Waals surface area contributed by atoms with Gasteiger partial charge in [0.05, 0.1) is 4.90 Å². The fourth-order valence-electron chi connectivity index (χ4n) is 2.70. The van der Waals surface area contributed by atoms with Gasteiger partial charge in [-0.15, -0.1) is 0 Å². The molecule has 1 atom stereocenters. The lowest BCUT2D eigenvalue weighted by Crippen LogP contribution is -2.30. The van der Waals surface area contributed by atoms with E-state index in [1.54, 1.807) is 6.07 Å². The molecule has 21 heavy (non-hydrogen) atoms. The maximum atomic E-state index is 12.5. The van der Waals surface area contributed by atoms with Gasteiger partial charge in [-0.1, -0.05) is 13.0 Å². The Hall–Kier alpha value is -0.910. The Bertz CT molecular complexity index is 607. The van der Waals surface area contributed by atoms with E-state index in [1.807, 2.05) is 27.0 Å². The molecule has 1 aromatic carbocycles. The highest BCUT2D eigenvalue weighted by Crippen LogP contribution is 2.36. The van der Waals surface area contributed by atoms with Crippen molar-refractivity contribution in [1.82, 2.24) is 10.0 Å². The van der Waals surface area contributed by atoms with Crippen molar-refractivity contribution in [2.45, 2.75) is 45.1 Å². The predicted molar refractivity (Wildman–Crippen MR) is 85.8 cm³/mol. The van der Waals surface area contributed by atoms with Crippen molar-refractivity contribution in [1.29, 1.82) is 0 Å². The molecule has 1 aliphatic rings. The lowest BCUT2D eigenvalue weighted by atomic mass is 10.1. The van der Waals surface area contributed by atoms with Crippen LogP contribution in [0.5, 0.6) is 0 Å². The molecule has 2 N–H and O–H groups in total. The van der Waals surface area contributed by atoms with E-state index in [2.05, 4.69) is 17.0 Å². The van der Waals surface area contributed by atoms with E-state index >= 15 is 0 Å². The van der Waals surface area contributed by atoms with Crippen LogP contribution in [-0.2, 0) is 16.6 Å². The molecule has 1 unspecified atom stereocenters. The summed E-state index contributed by atoms with van der Waals surface area (Å²) in [5.41, 5.74) is 2.95. The molecule has 2 rings (SSSR count).